The zero-order chi connectivity index (χ0) is 28.0. The Balaban J connectivity index is 1.96. The molecule has 0 aromatic heterocycles. The van der Waals surface area contributed by atoms with Gasteiger partial charge in [0.25, 0.3) is 5.91 Å². The number of alkyl halides is 3. The maximum atomic E-state index is 12.7. The molecular weight excluding hydrogens is 503 g/mol. The average Bonchev–Trinajstić information content (AvgIpc) is 2.86. The van der Waals surface area contributed by atoms with Crippen LogP contribution in [0.15, 0.2) is 48.5 Å². The fraction of sp³-hybridized carbons (Fsp3) is 0.500. The van der Waals surface area contributed by atoms with E-state index in [1.165, 1.54) is 24.3 Å². The van der Waals surface area contributed by atoms with Gasteiger partial charge in [0, 0.05) is 13.0 Å². The number of hydrogen-bond acceptors (Lipinski definition) is 5. The number of nitrogens with one attached hydrogen (secondary N) is 1. The number of halogens is 3. The summed E-state index contributed by atoms with van der Waals surface area (Å²) >= 11 is 0. The summed E-state index contributed by atoms with van der Waals surface area (Å²) in [5.41, 5.74) is 1.43. The molecule has 210 valence electrons. The van der Waals surface area contributed by atoms with Crippen LogP contribution in [0.3, 0.4) is 0 Å². The molecule has 2 N–H and O–H groups in total. The molecule has 38 heavy (non-hydrogen) atoms. The number of hydrogen-bond donors (Lipinski definition) is 2. The van der Waals surface area contributed by atoms with Crippen molar-refractivity contribution in [1.82, 2.24) is 5.32 Å². The molecule has 0 bridgehead atoms. The van der Waals surface area contributed by atoms with Gasteiger partial charge in [0.1, 0.15) is 11.5 Å². The maximum Gasteiger partial charge on any atom is 0.573 e. The quantitative estimate of drug-likeness (QED) is 0.232. The molecule has 1 unspecified atom stereocenters. The number of amides is 1. The Hall–Kier alpha value is -3.27. The molecule has 0 aliphatic heterocycles. The average molecular weight is 540 g/mol. The summed E-state index contributed by atoms with van der Waals surface area (Å²) in [7, 11) is 0. The number of aliphatic carboxylic acids is 1. The monoisotopic (exact) mass is 539 g/mol. The largest absolute Gasteiger partial charge is 0.573 e. The first-order valence-electron chi connectivity index (χ1n) is 12.8. The van der Waals surface area contributed by atoms with Gasteiger partial charge in [-0.05, 0) is 48.7 Å². The van der Waals surface area contributed by atoms with Crippen LogP contribution in [-0.4, -0.2) is 42.7 Å². The van der Waals surface area contributed by atoms with Crippen molar-refractivity contribution in [1.29, 1.82) is 0 Å². The first-order chi connectivity index (χ1) is 18.1. The lowest BCUT2D eigenvalue weighted by Gasteiger charge is -2.20. The summed E-state index contributed by atoms with van der Waals surface area (Å²) in [6, 6.07) is 11.8. The van der Waals surface area contributed by atoms with Crippen molar-refractivity contribution in [2.45, 2.75) is 77.3 Å². The van der Waals surface area contributed by atoms with Crippen LogP contribution in [0, 0.1) is 0 Å². The van der Waals surface area contributed by atoms with Crippen molar-refractivity contribution < 1.29 is 42.1 Å². The third kappa shape index (κ3) is 11.9. The molecule has 10 heteroatoms. The van der Waals surface area contributed by atoms with E-state index in [-0.39, 0.29) is 30.7 Å². The smallest absolute Gasteiger partial charge is 0.484 e. The lowest BCUT2D eigenvalue weighted by molar-refractivity contribution is -0.274. The SMILES string of the molecule is CCCCCCCC(NC(=O)COc1ccc(C[C@H](OCC)C(=O)O)cc1)c1ccc(OC(F)(F)F)cc1. The third-order valence-corrected chi connectivity index (χ3v) is 5.81. The minimum atomic E-state index is -4.77. The molecule has 0 spiro atoms. The summed E-state index contributed by atoms with van der Waals surface area (Å²) in [5, 5.41) is 12.1. The second kappa shape index (κ2) is 15.9. The summed E-state index contributed by atoms with van der Waals surface area (Å²) < 4.78 is 52.2. The van der Waals surface area contributed by atoms with E-state index in [0.717, 1.165) is 37.7 Å². The molecule has 0 saturated heterocycles. The van der Waals surface area contributed by atoms with E-state index in [0.29, 0.717) is 24.3 Å². The number of carboxylic acids is 1. The Labute approximate surface area is 221 Å². The third-order valence-electron chi connectivity index (χ3n) is 5.81. The first-order valence-corrected chi connectivity index (χ1v) is 12.8. The maximum absolute atomic E-state index is 12.7. The van der Waals surface area contributed by atoms with Crippen molar-refractivity contribution in [3.05, 3.63) is 59.7 Å². The van der Waals surface area contributed by atoms with Crippen molar-refractivity contribution in [3.8, 4) is 11.5 Å². The highest BCUT2D eigenvalue weighted by Crippen LogP contribution is 2.26. The van der Waals surface area contributed by atoms with Crippen LogP contribution in [-0.2, 0) is 20.7 Å². The van der Waals surface area contributed by atoms with Gasteiger partial charge in [-0.15, -0.1) is 13.2 Å². The van der Waals surface area contributed by atoms with E-state index in [2.05, 4.69) is 17.0 Å². The van der Waals surface area contributed by atoms with E-state index in [4.69, 9.17) is 9.47 Å². The van der Waals surface area contributed by atoms with E-state index < -0.39 is 18.4 Å². The minimum Gasteiger partial charge on any atom is -0.484 e. The second-order valence-corrected chi connectivity index (χ2v) is 8.86. The van der Waals surface area contributed by atoms with Gasteiger partial charge in [-0.3, -0.25) is 4.79 Å². The molecule has 2 atom stereocenters. The highest BCUT2D eigenvalue weighted by Gasteiger charge is 2.31. The Bertz CT molecular complexity index is 980. The summed E-state index contributed by atoms with van der Waals surface area (Å²) in [4.78, 5) is 23.9. The molecule has 2 aromatic rings. The number of carboxylic acid groups (broad SMARTS) is 1. The van der Waals surface area contributed by atoms with Gasteiger partial charge in [0.2, 0.25) is 0 Å². The van der Waals surface area contributed by atoms with E-state index in [1.54, 1.807) is 31.2 Å². The highest BCUT2D eigenvalue weighted by molar-refractivity contribution is 5.78. The van der Waals surface area contributed by atoms with Crippen LogP contribution in [0.4, 0.5) is 13.2 Å². The molecule has 0 heterocycles. The van der Waals surface area contributed by atoms with Gasteiger partial charge in [-0.25, -0.2) is 4.79 Å². The molecular formula is C28H36F3NO6. The van der Waals surface area contributed by atoms with Crippen LogP contribution in [0.2, 0.25) is 0 Å². The van der Waals surface area contributed by atoms with Crippen molar-refractivity contribution in [2.75, 3.05) is 13.2 Å². The Morgan fingerprint density at radius 3 is 2.13 bits per heavy atom. The van der Waals surface area contributed by atoms with E-state index in [9.17, 15) is 27.9 Å². The molecule has 0 saturated carbocycles. The van der Waals surface area contributed by atoms with Crippen LogP contribution in [0.5, 0.6) is 11.5 Å². The zero-order valence-electron chi connectivity index (χ0n) is 21.8. The van der Waals surface area contributed by atoms with Crippen molar-refractivity contribution in [3.63, 3.8) is 0 Å². The van der Waals surface area contributed by atoms with Crippen LogP contribution in [0.1, 0.15) is 69.5 Å². The fourth-order valence-corrected chi connectivity index (χ4v) is 3.92. The summed E-state index contributed by atoms with van der Waals surface area (Å²) in [6.45, 7) is 3.89. The number of carbonyl (C=O) groups excluding carboxylic acids is 1. The Morgan fingerprint density at radius 1 is 0.921 bits per heavy atom. The Morgan fingerprint density at radius 2 is 1.55 bits per heavy atom. The predicted molar refractivity (Wildman–Crippen MR) is 136 cm³/mol. The number of unbranched alkanes of at least 4 members (excludes halogenated alkanes) is 4. The fourth-order valence-electron chi connectivity index (χ4n) is 3.92. The molecule has 7 nitrogen and oxygen atoms in total. The zero-order valence-corrected chi connectivity index (χ0v) is 21.8. The normalized spacial score (nSPS) is 13.0. The van der Waals surface area contributed by atoms with Gasteiger partial charge < -0.3 is 24.6 Å². The number of carbonyl (C=O) groups is 2. The van der Waals surface area contributed by atoms with Crippen molar-refractivity contribution >= 4 is 11.9 Å². The summed E-state index contributed by atoms with van der Waals surface area (Å²) in [6.07, 6.45) is 0.271. The number of ether oxygens (including phenoxy) is 3. The van der Waals surface area contributed by atoms with E-state index >= 15 is 0 Å². The lowest BCUT2D eigenvalue weighted by Crippen LogP contribution is -2.32. The second-order valence-electron chi connectivity index (χ2n) is 8.86. The van der Waals surface area contributed by atoms with Gasteiger partial charge in [0.05, 0.1) is 6.04 Å². The van der Waals surface area contributed by atoms with E-state index in [1.807, 2.05) is 0 Å². The topological polar surface area (TPSA) is 94.1 Å². The lowest BCUT2D eigenvalue weighted by atomic mass is 9.99. The standard InChI is InChI=1S/C28H36F3NO6/c1-3-5-6-7-8-9-24(21-12-16-23(17-13-21)38-28(29,30)31)32-26(33)19-37-22-14-10-20(11-15-22)18-25(27(34)35)36-4-2/h10-17,24-25H,3-9,18-19H2,1-2H3,(H,32,33)(H,34,35)/t24?,25-/m0/s1. The molecule has 0 radical (unpaired) electrons. The number of benzene rings is 2. The van der Waals surface area contributed by atoms with Crippen molar-refractivity contribution in [2.24, 2.45) is 0 Å². The molecule has 0 aliphatic carbocycles. The van der Waals surface area contributed by atoms with Crippen LogP contribution in [0.25, 0.3) is 0 Å². The van der Waals surface area contributed by atoms with Crippen LogP contribution < -0.4 is 14.8 Å². The van der Waals surface area contributed by atoms with Crippen LogP contribution >= 0.6 is 0 Å². The molecule has 2 rings (SSSR count). The van der Waals surface area contributed by atoms with Gasteiger partial charge in [-0.1, -0.05) is 63.3 Å². The first kappa shape index (κ1) is 31.0. The molecule has 2 aromatic carbocycles. The molecule has 1 amide bonds. The highest BCUT2D eigenvalue weighted by atomic mass is 19.4. The number of rotatable bonds is 17. The molecule has 0 aliphatic rings. The van der Waals surface area contributed by atoms with Gasteiger partial charge in [-0.2, -0.15) is 0 Å². The molecule has 0 fully saturated rings. The summed E-state index contributed by atoms with van der Waals surface area (Å²) in [5.74, 6) is -1.29. The Kier molecular flexibility index (Phi) is 12.9. The van der Waals surface area contributed by atoms with Gasteiger partial charge in [0.15, 0.2) is 12.7 Å². The minimum absolute atomic E-state index is 0.205. The predicted octanol–water partition coefficient (Wildman–Crippen LogP) is 6.21. The van der Waals surface area contributed by atoms with Gasteiger partial charge >= 0.3 is 12.3 Å².